The first kappa shape index (κ1) is 10.1. The van der Waals surface area contributed by atoms with E-state index < -0.39 is 0 Å². The summed E-state index contributed by atoms with van der Waals surface area (Å²) in [4.78, 5) is 12.7. The predicted octanol–water partition coefficient (Wildman–Crippen LogP) is 0.622. The summed E-state index contributed by atoms with van der Waals surface area (Å²) >= 11 is 0. The highest BCUT2D eigenvalue weighted by Gasteiger charge is 2.28. The molecule has 1 amide bonds. The Morgan fingerprint density at radius 2 is 2.46 bits per heavy atom. The van der Waals surface area contributed by atoms with Gasteiger partial charge in [-0.05, 0) is 6.42 Å². The molecule has 1 heterocycles. The smallest absolute Gasteiger partial charge is 0.409 e. The predicted molar refractivity (Wildman–Crippen MR) is 48.3 cm³/mol. The molecule has 0 aromatic carbocycles. The number of aliphatic hydroxyl groups is 1. The average Bonchev–Trinajstić information content (AvgIpc) is 2.17. The first-order chi connectivity index (χ1) is 6.19. The van der Waals surface area contributed by atoms with Crippen molar-refractivity contribution in [2.75, 3.05) is 20.2 Å². The molecule has 2 atom stereocenters. The Morgan fingerprint density at radius 3 is 3.00 bits per heavy atom. The van der Waals surface area contributed by atoms with Gasteiger partial charge >= 0.3 is 6.09 Å². The molecule has 1 aliphatic heterocycles. The largest absolute Gasteiger partial charge is 0.453 e. The maximum atomic E-state index is 11.1. The summed E-state index contributed by atoms with van der Waals surface area (Å²) in [5.74, 6) is -0.0344. The lowest BCUT2D eigenvalue weighted by Crippen LogP contribution is -2.45. The van der Waals surface area contributed by atoms with Crippen LogP contribution in [0, 0.1) is 5.92 Å². The first-order valence-corrected chi connectivity index (χ1v) is 4.32. The van der Waals surface area contributed by atoms with Crippen molar-refractivity contribution >= 4 is 6.09 Å². The van der Waals surface area contributed by atoms with Crippen LogP contribution in [-0.2, 0) is 4.74 Å². The van der Waals surface area contributed by atoms with Gasteiger partial charge in [0.1, 0.15) is 0 Å². The molecular formula is C9H15NO3. The van der Waals surface area contributed by atoms with Crippen molar-refractivity contribution in [2.45, 2.75) is 12.5 Å². The number of nitrogens with zero attached hydrogens (tertiary/aromatic N) is 1. The highest BCUT2D eigenvalue weighted by molar-refractivity contribution is 5.67. The molecule has 0 aromatic rings. The van der Waals surface area contributed by atoms with Crippen molar-refractivity contribution in [3.8, 4) is 0 Å². The zero-order valence-corrected chi connectivity index (χ0v) is 7.77. The van der Waals surface area contributed by atoms with Gasteiger partial charge in [-0.25, -0.2) is 4.79 Å². The molecule has 0 saturated carbocycles. The highest BCUT2D eigenvalue weighted by Crippen LogP contribution is 2.18. The van der Waals surface area contributed by atoms with E-state index in [1.807, 2.05) is 0 Å². The van der Waals surface area contributed by atoms with Gasteiger partial charge in [0.05, 0.1) is 13.2 Å². The maximum Gasteiger partial charge on any atom is 0.409 e. The molecule has 1 aliphatic rings. The van der Waals surface area contributed by atoms with Gasteiger partial charge in [-0.3, -0.25) is 0 Å². The van der Waals surface area contributed by atoms with Crippen molar-refractivity contribution in [1.29, 1.82) is 0 Å². The quantitative estimate of drug-likeness (QED) is 0.609. The zero-order valence-electron chi connectivity index (χ0n) is 7.77. The molecule has 0 spiro atoms. The van der Waals surface area contributed by atoms with Crippen LogP contribution in [0.3, 0.4) is 0 Å². The second-order valence-corrected chi connectivity index (χ2v) is 3.17. The number of piperidine rings is 1. The third-order valence-electron chi connectivity index (χ3n) is 2.36. The molecule has 2 unspecified atom stereocenters. The van der Waals surface area contributed by atoms with Crippen molar-refractivity contribution in [3.05, 3.63) is 12.7 Å². The van der Waals surface area contributed by atoms with Crippen LogP contribution in [0.1, 0.15) is 6.42 Å². The minimum atomic E-state index is -0.376. The van der Waals surface area contributed by atoms with Crippen molar-refractivity contribution < 1.29 is 14.6 Å². The molecule has 1 rings (SSSR count). The second kappa shape index (κ2) is 4.28. The summed E-state index contributed by atoms with van der Waals surface area (Å²) in [6, 6.07) is 0. The van der Waals surface area contributed by atoms with Crippen molar-refractivity contribution in [3.63, 3.8) is 0 Å². The van der Waals surface area contributed by atoms with Gasteiger partial charge in [-0.1, -0.05) is 6.08 Å². The number of amides is 1. The number of ether oxygens (including phenoxy) is 1. The highest BCUT2D eigenvalue weighted by atomic mass is 16.5. The van der Waals surface area contributed by atoms with Gasteiger partial charge in [-0.2, -0.15) is 0 Å². The SMILES string of the molecule is C=CC1CN(C(=O)OC)CCC1O. The molecule has 0 radical (unpaired) electrons. The first-order valence-electron chi connectivity index (χ1n) is 4.32. The number of hydrogen-bond acceptors (Lipinski definition) is 3. The summed E-state index contributed by atoms with van der Waals surface area (Å²) in [6.45, 7) is 4.67. The molecule has 74 valence electrons. The van der Waals surface area contributed by atoms with Crippen LogP contribution < -0.4 is 0 Å². The minimum Gasteiger partial charge on any atom is -0.453 e. The second-order valence-electron chi connectivity index (χ2n) is 3.17. The molecule has 0 bridgehead atoms. The van der Waals surface area contributed by atoms with Crippen molar-refractivity contribution in [2.24, 2.45) is 5.92 Å². The van der Waals surface area contributed by atoms with E-state index in [4.69, 9.17) is 0 Å². The Hall–Kier alpha value is -1.03. The summed E-state index contributed by atoms with van der Waals surface area (Å²) < 4.78 is 4.59. The van der Waals surface area contributed by atoms with Crippen LogP contribution in [0.25, 0.3) is 0 Å². The van der Waals surface area contributed by atoms with Gasteiger partial charge in [0, 0.05) is 19.0 Å². The molecular weight excluding hydrogens is 170 g/mol. The number of methoxy groups -OCH3 is 1. The monoisotopic (exact) mass is 185 g/mol. The lowest BCUT2D eigenvalue weighted by Gasteiger charge is -2.33. The Balaban J connectivity index is 2.54. The molecule has 1 fully saturated rings. The van der Waals surface area contributed by atoms with Gasteiger partial charge in [0.2, 0.25) is 0 Å². The van der Waals surface area contributed by atoms with E-state index in [-0.39, 0.29) is 18.1 Å². The van der Waals surface area contributed by atoms with E-state index in [9.17, 15) is 9.90 Å². The zero-order chi connectivity index (χ0) is 9.84. The van der Waals surface area contributed by atoms with E-state index in [1.54, 1.807) is 11.0 Å². The molecule has 1 N–H and O–H groups in total. The Bertz CT molecular complexity index is 205. The van der Waals surface area contributed by atoms with E-state index >= 15 is 0 Å². The van der Waals surface area contributed by atoms with Crippen LogP contribution in [0.4, 0.5) is 4.79 Å². The number of rotatable bonds is 1. The number of carbonyl (C=O) groups is 1. The van der Waals surface area contributed by atoms with E-state index in [0.29, 0.717) is 19.5 Å². The van der Waals surface area contributed by atoms with Crippen LogP contribution in [0.15, 0.2) is 12.7 Å². The molecule has 0 aliphatic carbocycles. The summed E-state index contributed by atoms with van der Waals surface area (Å²) in [6.07, 6.45) is 1.56. The number of carbonyl (C=O) groups excluding carboxylic acids is 1. The third kappa shape index (κ3) is 2.21. The summed E-state index contributed by atoms with van der Waals surface area (Å²) in [7, 11) is 1.36. The lowest BCUT2D eigenvalue weighted by atomic mass is 9.95. The number of hydrogen-bond donors (Lipinski definition) is 1. The molecule has 4 heteroatoms. The topological polar surface area (TPSA) is 49.8 Å². The Morgan fingerprint density at radius 1 is 1.77 bits per heavy atom. The van der Waals surface area contributed by atoms with Crippen molar-refractivity contribution in [1.82, 2.24) is 4.90 Å². The average molecular weight is 185 g/mol. The lowest BCUT2D eigenvalue weighted by molar-refractivity contribution is 0.0423. The fourth-order valence-electron chi connectivity index (χ4n) is 1.50. The number of aliphatic hydroxyl groups excluding tert-OH is 1. The maximum absolute atomic E-state index is 11.1. The minimum absolute atomic E-state index is 0.0344. The molecule has 1 saturated heterocycles. The van der Waals surface area contributed by atoms with Gasteiger partial charge in [0.25, 0.3) is 0 Å². The van der Waals surface area contributed by atoms with E-state index in [2.05, 4.69) is 11.3 Å². The molecule has 0 aromatic heterocycles. The third-order valence-corrected chi connectivity index (χ3v) is 2.36. The Kier molecular flexibility index (Phi) is 3.31. The molecule has 4 nitrogen and oxygen atoms in total. The van der Waals surface area contributed by atoms with Gasteiger partial charge in [0.15, 0.2) is 0 Å². The standard InChI is InChI=1S/C9H15NO3/c1-3-7-6-10(9(12)13-2)5-4-8(7)11/h3,7-8,11H,1,4-6H2,2H3. The van der Waals surface area contributed by atoms with Crippen LogP contribution in [-0.4, -0.2) is 42.4 Å². The van der Waals surface area contributed by atoms with E-state index in [0.717, 1.165) is 0 Å². The van der Waals surface area contributed by atoms with Gasteiger partial charge in [-0.15, -0.1) is 6.58 Å². The summed E-state index contributed by atoms with van der Waals surface area (Å²) in [5, 5.41) is 9.49. The fraction of sp³-hybridized carbons (Fsp3) is 0.667. The normalized spacial score (nSPS) is 28.3. The Labute approximate surface area is 77.8 Å². The van der Waals surface area contributed by atoms with Crippen LogP contribution in [0.2, 0.25) is 0 Å². The van der Waals surface area contributed by atoms with E-state index in [1.165, 1.54) is 7.11 Å². The van der Waals surface area contributed by atoms with Gasteiger partial charge < -0.3 is 14.7 Å². The summed E-state index contributed by atoms with van der Waals surface area (Å²) in [5.41, 5.74) is 0. The van der Waals surface area contributed by atoms with Crippen LogP contribution >= 0.6 is 0 Å². The molecule has 13 heavy (non-hydrogen) atoms. The van der Waals surface area contributed by atoms with Crippen LogP contribution in [0.5, 0.6) is 0 Å². The number of likely N-dealkylation sites (tertiary alicyclic amines) is 1. The fourth-order valence-corrected chi connectivity index (χ4v) is 1.50.